The van der Waals surface area contributed by atoms with E-state index >= 15 is 0 Å². The Morgan fingerprint density at radius 2 is 1.68 bits per heavy atom. The third-order valence-corrected chi connectivity index (χ3v) is 5.25. The molecule has 0 fully saturated rings. The molecule has 0 aliphatic rings. The van der Waals surface area contributed by atoms with Crippen LogP contribution in [0, 0.1) is 0 Å². The zero-order valence-corrected chi connectivity index (χ0v) is 14.5. The lowest BCUT2D eigenvalue weighted by atomic mass is 10.3. The van der Waals surface area contributed by atoms with Gasteiger partial charge in [0.25, 0.3) is 10.0 Å². The molecule has 8 heteroatoms. The van der Waals surface area contributed by atoms with Crippen LogP contribution in [0.25, 0.3) is 0 Å². The Bertz CT molecular complexity index is 794. The van der Waals surface area contributed by atoms with E-state index in [4.69, 9.17) is 39.5 Å². The molecule has 0 saturated heterocycles. The molecule has 0 heterocycles. The molecule has 0 aliphatic carbocycles. The van der Waals surface area contributed by atoms with E-state index in [1.54, 1.807) is 31.2 Å². The summed E-state index contributed by atoms with van der Waals surface area (Å²) in [6.07, 6.45) is 0. The van der Waals surface area contributed by atoms with Crippen LogP contribution >= 0.6 is 34.8 Å². The third-order valence-electron chi connectivity index (χ3n) is 2.70. The Hall–Kier alpha value is -1.14. The minimum atomic E-state index is -3.93. The van der Waals surface area contributed by atoms with Gasteiger partial charge in [-0.05, 0) is 31.2 Å². The number of anilines is 1. The highest BCUT2D eigenvalue weighted by atomic mass is 35.5. The van der Waals surface area contributed by atoms with Crippen molar-refractivity contribution in [1.82, 2.24) is 0 Å². The summed E-state index contributed by atoms with van der Waals surface area (Å²) < 4.78 is 32.8. The fourth-order valence-corrected chi connectivity index (χ4v) is 3.82. The second kappa shape index (κ2) is 6.96. The van der Waals surface area contributed by atoms with Gasteiger partial charge in [-0.15, -0.1) is 0 Å². The summed E-state index contributed by atoms with van der Waals surface area (Å²) in [5.74, 6) is 0.421. The topological polar surface area (TPSA) is 55.4 Å². The lowest BCUT2D eigenvalue weighted by Gasteiger charge is -2.14. The molecule has 1 N–H and O–H groups in total. The zero-order chi connectivity index (χ0) is 16.3. The van der Waals surface area contributed by atoms with Crippen molar-refractivity contribution in [2.24, 2.45) is 0 Å². The number of ether oxygens (including phenoxy) is 1. The lowest BCUT2D eigenvalue weighted by molar-refractivity contribution is 0.342. The van der Waals surface area contributed by atoms with Gasteiger partial charge >= 0.3 is 0 Å². The predicted molar refractivity (Wildman–Crippen MR) is 89.9 cm³/mol. The maximum absolute atomic E-state index is 12.5. The summed E-state index contributed by atoms with van der Waals surface area (Å²) in [6, 6.07) is 9.18. The normalized spacial score (nSPS) is 11.3. The molecule has 0 spiro atoms. The van der Waals surface area contributed by atoms with Crippen LogP contribution in [0.3, 0.4) is 0 Å². The quantitative estimate of drug-likeness (QED) is 0.755. The molecule has 4 nitrogen and oxygen atoms in total. The molecular formula is C14H12Cl3NO3S. The van der Waals surface area contributed by atoms with E-state index in [0.29, 0.717) is 18.0 Å². The average molecular weight is 381 g/mol. The molecule has 0 amide bonds. The number of rotatable bonds is 5. The standard InChI is InChI=1S/C14H12Cl3NO3S/c1-2-21-13-6-4-3-5-12(13)18-22(19,20)14-8-10(16)9(15)7-11(14)17/h3-8,18H,2H2,1H3. The molecule has 0 aliphatic heterocycles. The van der Waals surface area contributed by atoms with Gasteiger partial charge in [0.1, 0.15) is 10.6 Å². The molecule has 2 aromatic carbocycles. The molecule has 0 saturated carbocycles. The number of hydrogen-bond donors (Lipinski definition) is 1. The van der Waals surface area contributed by atoms with Crippen LogP contribution in [0.4, 0.5) is 5.69 Å². The molecule has 0 atom stereocenters. The number of halogens is 3. The fraction of sp³-hybridized carbons (Fsp3) is 0.143. The number of para-hydroxylation sites is 2. The van der Waals surface area contributed by atoms with Crippen LogP contribution in [-0.2, 0) is 10.0 Å². The predicted octanol–water partition coefficient (Wildman–Crippen LogP) is 4.85. The second-order valence-electron chi connectivity index (χ2n) is 4.23. The molecule has 0 radical (unpaired) electrons. The van der Waals surface area contributed by atoms with E-state index in [-0.39, 0.29) is 20.0 Å². The maximum Gasteiger partial charge on any atom is 0.263 e. The molecule has 2 rings (SSSR count). The summed E-state index contributed by atoms with van der Waals surface area (Å²) in [6.45, 7) is 2.22. The Kier molecular flexibility index (Phi) is 5.45. The van der Waals surface area contributed by atoms with Crippen molar-refractivity contribution in [1.29, 1.82) is 0 Å². The number of sulfonamides is 1. The van der Waals surface area contributed by atoms with E-state index in [1.807, 2.05) is 0 Å². The minimum absolute atomic E-state index is 0.0178. The van der Waals surface area contributed by atoms with Crippen LogP contribution in [0.5, 0.6) is 5.75 Å². The number of hydrogen-bond acceptors (Lipinski definition) is 3. The molecule has 118 valence electrons. The Morgan fingerprint density at radius 1 is 1.05 bits per heavy atom. The molecular weight excluding hydrogens is 369 g/mol. The van der Waals surface area contributed by atoms with E-state index < -0.39 is 10.0 Å². The van der Waals surface area contributed by atoms with Crippen molar-refractivity contribution in [3.05, 3.63) is 51.5 Å². The van der Waals surface area contributed by atoms with Crippen LogP contribution in [0.2, 0.25) is 15.1 Å². The van der Waals surface area contributed by atoms with Crippen molar-refractivity contribution in [2.45, 2.75) is 11.8 Å². The monoisotopic (exact) mass is 379 g/mol. The van der Waals surface area contributed by atoms with Gasteiger partial charge in [-0.2, -0.15) is 0 Å². The van der Waals surface area contributed by atoms with Crippen LogP contribution in [0.15, 0.2) is 41.3 Å². The second-order valence-corrected chi connectivity index (χ2v) is 7.10. The SMILES string of the molecule is CCOc1ccccc1NS(=O)(=O)c1cc(Cl)c(Cl)cc1Cl. The van der Waals surface area contributed by atoms with Crippen LogP contribution in [0.1, 0.15) is 6.92 Å². The van der Waals surface area contributed by atoms with Gasteiger partial charge in [0.15, 0.2) is 0 Å². The first-order valence-electron chi connectivity index (χ1n) is 6.24. The highest BCUT2D eigenvalue weighted by Crippen LogP contribution is 2.33. The largest absolute Gasteiger partial charge is 0.492 e. The van der Waals surface area contributed by atoms with Gasteiger partial charge in [0.05, 0.1) is 27.4 Å². The van der Waals surface area contributed by atoms with Gasteiger partial charge in [0, 0.05) is 0 Å². The summed E-state index contributed by atoms with van der Waals surface area (Å²) >= 11 is 17.6. The lowest BCUT2D eigenvalue weighted by Crippen LogP contribution is -2.14. The number of nitrogens with one attached hydrogen (secondary N) is 1. The summed E-state index contributed by atoms with van der Waals surface area (Å²) in [4.78, 5) is -0.158. The Morgan fingerprint density at radius 3 is 2.36 bits per heavy atom. The van der Waals surface area contributed by atoms with Crippen molar-refractivity contribution >= 4 is 50.5 Å². The van der Waals surface area contributed by atoms with Gasteiger partial charge in [-0.1, -0.05) is 46.9 Å². The van der Waals surface area contributed by atoms with Gasteiger partial charge in [-0.25, -0.2) is 8.42 Å². The van der Waals surface area contributed by atoms with E-state index in [1.165, 1.54) is 12.1 Å². The first kappa shape index (κ1) is 17.2. The van der Waals surface area contributed by atoms with Gasteiger partial charge < -0.3 is 4.74 Å². The zero-order valence-electron chi connectivity index (χ0n) is 11.4. The van der Waals surface area contributed by atoms with Crippen molar-refractivity contribution < 1.29 is 13.2 Å². The highest BCUT2D eigenvalue weighted by molar-refractivity contribution is 7.92. The molecule has 2 aromatic rings. The smallest absolute Gasteiger partial charge is 0.263 e. The third kappa shape index (κ3) is 3.79. The van der Waals surface area contributed by atoms with Crippen molar-refractivity contribution in [3.8, 4) is 5.75 Å². The Labute approximate surface area is 144 Å². The molecule has 0 aromatic heterocycles. The minimum Gasteiger partial charge on any atom is -0.492 e. The molecule has 0 bridgehead atoms. The highest BCUT2D eigenvalue weighted by Gasteiger charge is 2.21. The first-order valence-corrected chi connectivity index (χ1v) is 8.86. The van der Waals surface area contributed by atoms with Gasteiger partial charge in [0.2, 0.25) is 0 Å². The first-order chi connectivity index (χ1) is 10.3. The summed E-state index contributed by atoms with van der Waals surface area (Å²) in [5, 5.41) is 0.264. The van der Waals surface area contributed by atoms with E-state index in [0.717, 1.165) is 0 Å². The molecule has 22 heavy (non-hydrogen) atoms. The summed E-state index contributed by atoms with van der Waals surface area (Å²) in [5.41, 5.74) is 0.312. The summed E-state index contributed by atoms with van der Waals surface area (Å²) in [7, 11) is -3.93. The van der Waals surface area contributed by atoms with Crippen molar-refractivity contribution in [3.63, 3.8) is 0 Å². The fourth-order valence-electron chi connectivity index (χ4n) is 1.74. The number of benzene rings is 2. The van der Waals surface area contributed by atoms with Gasteiger partial charge in [-0.3, -0.25) is 4.72 Å². The van der Waals surface area contributed by atoms with E-state index in [2.05, 4.69) is 4.72 Å². The maximum atomic E-state index is 12.5. The van der Waals surface area contributed by atoms with E-state index in [9.17, 15) is 8.42 Å². The Balaban J connectivity index is 2.43. The van der Waals surface area contributed by atoms with Crippen LogP contribution in [-0.4, -0.2) is 15.0 Å². The van der Waals surface area contributed by atoms with Crippen molar-refractivity contribution in [2.75, 3.05) is 11.3 Å². The average Bonchev–Trinajstić information content (AvgIpc) is 2.45. The van der Waals surface area contributed by atoms with Crippen LogP contribution < -0.4 is 9.46 Å². The molecule has 0 unspecified atom stereocenters.